The summed E-state index contributed by atoms with van der Waals surface area (Å²) < 4.78 is 4.93. The summed E-state index contributed by atoms with van der Waals surface area (Å²) in [6, 6.07) is 4.66. The maximum Gasteiger partial charge on any atom is 0.316 e. The van der Waals surface area contributed by atoms with Gasteiger partial charge in [0.15, 0.2) is 0 Å². The molecule has 0 heterocycles. The van der Waals surface area contributed by atoms with Gasteiger partial charge in [-0.25, -0.2) is 0 Å². The topological polar surface area (TPSA) is 146 Å². The fraction of sp³-hybridized carbons (Fsp3) is 0.300. The summed E-state index contributed by atoms with van der Waals surface area (Å²) in [5.74, 6) is 4.64. The van der Waals surface area contributed by atoms with Crippen molar-refractivity contribution >= 4 is 23.0 Å². The van der Waals surface area contributed by atoms with Crippen LogP contribution in [0.3, 0.4) is 0 Å². The Morgan fingerprint density at radius 3 is 2.68 bits per heavy atom. The van der Waals surface area contributed by atoms with Crippen molar-refractivity contribution in [3.05, 3.63) is 28.3 Å². The molecule has 0 bridgehead atoms. The largest absolute Gasteiger partial charge is 0.377 e. The van der Waals surface area contributed by atoms with Crippen LogP contribution < -0.4 is 22.3 Å². The third-order valence-corrected chi connectivity index (χ3v) is 2.18. The number of hydrogen-bond acceptors (Lipinski definition) is 7. The number of nitrogen functional groups attached to an aromatic ring is 1. The van der Waals surface area contributed by atoms with Gasteiger partial charge in [-0.2, -0.15) is 0 Å². The smallest absolute Gasteiger partial charge is 0.316 e. The van der Waals surface area contributed by atoms with Gasteiger partial charge in [-0.3, -0.25) is 20.8 Å². The van der Waals surface area contributed by atoms with Gasteiger partial charge in [-0.15, -0.1) is 0 Å². The minimum Gasteiger partial charge on any atom is -0.377 e. The van der Waals surface area contributed by atoms with Gasteiger partial charge in [0.1, 0.15) is 18.0 Å². The van der Waals surface area contributed by atoms with E-state index in [0.717, 1.165) is 0 Å². The zero-order valence-corrected chi connectivity index (χ0v) is 10.1. The van der Waals surface area contributed by atoms with E-state index in [2.05, 4.69) is 10.7 Å². The first-order chi connectivity index (χ1) is 9.06. The van der Waals surface area contributed by atoms with Crippen LogP contribution in [0.25, 0.3) is 0 Å². The van der Waals surface area contributed by atoms with Crippen molar-refractivity contribution in [1.29, 1.82) is 0 Å². The number of benzene rings is 1. The van der Waals surface area contributed by atoms with Gasteiger partial charge in [0.05, 0.1) is 11.5 Å². The number of ether oxygens (including phenoxy) is 1. The molecule has 9 heteroatoms. The van der Waals surface area contributed by atoms with Gasteiger partial charge in [0.25, 0.3) is 0 Å². The molecule has 0 spiro atoms. The van der Waals surface area contributed by atoms with E-state index in [1.807, 2.05) is 0 Å². The maximum atomic E-state index is 11.0. The summed E-state index contributed by atoms with van der Waals surface area (Å²) in [4.78, 5) is 20.8. The van der Waals surface area contributed by atoms with Crippen LogP contribution in [0.5, 0.6) is 0 Å². The van der Waals surface area contributed by atoms with Crippen molar-refractivity contribution in [3.63, 3.8) is 0 Å². The van der Waals surface area contributed by atoms with E-state index in [1.54, 1.807) is 12.1 Å². The van der Waals surface area contributed by atoms with Crippen LogP contribution in [0.15, 0.2) is 18.2 Å². The third-order valence-electron chi connectivity index (χ3n) is 2.18. The van der Waals surface area contributed by atoms with E-state index >= 15 is 0 Å². The highest BCUT2D eigenvalue weighted by molar-refractivity contribution is 5.76. The lowest BCUT2D eigenvalue weighted by Crippen LogP contribution is -2.20. The molecule has 9 nitrogen and oxygen atoms in total. The van der Waals surface area contributed by atoms with E-state index in [1.165, 1.54) is 6.07 Å². The van der Waals surface area contributed by atoms with Crippen LogP contribution in [0.2, 0.25) is 0 Å². The summed E-state index contributed by atoms with van der Waals surface area (Å²) in [6.45, 7) is 0.302. The number of nitro groups is 1. The molecule has 0 aliphatic heterocycles. The Morgan fingerprint density at radius 2 is 2.11 bits per heavy atom. The lowest BCUT2D eigenvalue weighted by Gasteiger charge is -2.09. The number of primary amides is 1. The number of carbonyl (C=O) groups is 1. The third kappa shape index (κ3) is 4.41. The molecular weight excluding hydrogens is 254 g/mol. The van der Waals surface area contributed by atoms with E-state index < -0.39 is 10.8 Å². The van der Waals surface area contributed by atoms with Gasteiger partial charge in [0.2, 0.25) is 5.91 Å². The summed E-state index contributed by atoms with van der Waals surface area (Å²) >= 11 is 0. The number of carbonyl (C=O) groups excluding carboxylic acids is 1. The number of nitro benzene ring substituents is 1. The van der Waals surface area contributed by atoms with Gasteiger partial charge in [-0.1, -0.05) is 6.07 Å². The Hall–Kier alpha value is -2.39. The normalized spacial score (nSPS) is 9.95. The molecule has 0 aromatic heterocycles. The molecule has 0 radical (unpaired) electrons. The van der Waals surface area contributed by atoms with E-state index in [9.17, 15) is 14.9 Å². The number of rotatable bonds is 8. The fourth-order valence-electron chi connectivity index (χ4n) is 1.43. The quantitative estimate of drug-likeness (QED) is 0.221. The first kappa shape index (κ1) is 14.7. The molecule has 1 rings (SSSR count). The molecule has 19 heavy (non-hydrogen) atoms. The van der Waals surface area contributed by atoms with Crippen LogP contribution in [-0.4, -0.2) is 30.6 Å². The zero-order valence-electron chi connectivity index (χ0n) is 10.1. The van der Waals surface area contributed by atoms with Crippen LogP contribution in [0, 0.1) is 10.1 Å². The molecule has 1 aromatic rings. The molecule has 1 aromatic carbocycles. The number of hydrazine groups is 1. The van der Waals surface area contributed by atoms with Crippen LogP contribution in [0.4, 0.5) is 17.1 Å². The fourth-order valence-corrected chi connectivity index (χ4v) is 1.43. The molecule has 0 aliphatic rings. The first-order valence-electron chi connectivity index (χ1n) is 5.40. The number of nitrogens with two attached hydrogens (primary N) is 2. The standard InChI is InChI=1S/C10H15N5O4/c11-9(16)6-19-5-4-13-7-2-1-3-8(14-12)10(7)15(17)18/h1-3,13-14H,4-6,12H2,(H2,11,16). The van der Waals surface area contributed by atoms with Crippen molar-refractivity contribution < 1.29 is 14.5 Å². The SMILES string of the molecule is NNc1cccc(NCCOCC(N)=O)c1[N+](=O)[O-]. The molecule has 0 atom stereocenters. The van der Waals surface area contributed by atoms with Gasteiger partial charge in [0, 0.05) is 6.54 Å². The molecule has 0 aliphatic carbocycles. The molecule has 104 valence electrons. The number of nitrogens with one attached hydrogen (secondary N) is 2. The Kier molecular flexibility index (Phi) is 5.51. The van der Waals surface area contributed by atoms with E-state index in [-0.39, 0.29) is 24.6 Å². The number of nitrogens with zero attached hydrogens (tertiary/aromatic N) is 1. The Bertz CT molecular complexity index is 465. The maximum absolute atomic E-state index is 11.0. The van der Waals surface area contributed by atoms with E-state index in [0.29, 0.717) is 12.2 Å². The predicted octanol–water partition coefficient (Wildman–Crippen LogP) is -0.206. The summed E-state index contributed by atoms with van der Waals surface area (Å²) in [7, 11) is 0. The number of anilines is 2. The summed E-state index contributed by atoms with van der Waals surface area (Å²) in [5, 5.41) is 13.8. The summed E-state index contributed by atoms with van der Waals surface area (Å²) in [5.41, 5.74) is 7.51. The minimum absolute atomic E-state index is 0.153. The molecular formula is C10H15N5O4. The molecule has 6 N–H and O–H groups in total. The highest BCUT2D eigenvalue weighted by Gasteiger charge is 2.18. The average molecular weight is 269 g/mol. The summed E-state index contributed by atoms with van der Waals surface area (Å²) in [6.07, 6.45) is 0. The van der Waals surface area contributed by atoms with Gasteiger partial charge >= 0.3 is 5.69 Å². The number of hydrogen-bond donors (Lipinski definition) is 4. The molecule has 0 saturated heterocycles. The molecule has 0 unspecified atom stereocenters. The zero-order chi connectivity index (χ0) is 14.3. The average Bonchev–Trinajstić information content (AvgIpc) is 2.37. The highest BCUT2D eigenvalue weighted by Crippen LogP contribution is 2.31. The molecule has 0 fully saturated rings. The van der Waals surface area contributed by atoms with Crippen molar-refractivity contribution in [1.82, 2.24) is 0 Å². The minimum atomic E-state index is -0.569. The second-order valence-corrected chi connectivity index (χ2v) is 3.55. The molecule has 0 saturated carbocycles. The van der Waals surface area contributed by atoms with Crippen LogP contribution in [0.1, 0.15) is 0 Å². The highest BCUT2D eigenvalue weighted by atomic mass is 16.6. The molecule has 1 amide bonds. The second-order valence-electron chi connectivity index (χ2n) is 3.55. The van der Waals surface area contributed by atoms with Crippen molar-refractivity contribution in [3.8, 4) is 0 Å². The second kappa shape index (κ2) is 7.13. The van der Waals surface area contributed by atoms with Gasteiger partial charge in [-0.05, 0) is 12.1 Å². The number of amides is 1. The number of para-hydroxylation sites is 1. The van der Waals surface area contributed by atoms with Crippen LogP contribution >= 0.6 is 0 Å². The van der Waals surface area contributed by atoms with Crippen molar-refractivity contribution in [2.75, 3.05) is 30.5 Å². The lowest BCUT2D eigenvalue weighted by atomic mass is 10.2. The lowest BCUT2D eigenvalue weighted by molar-refractivity contribution is -0.383. The first-order valence-corrected chi connectivity index (χ1v) is 5.40. The Morgan fingerprint density at radius 1 is 1.42 bits per heavy atom. The monoisotopic (exact) mass is 269 g/mol. The Balaban J connectivity index is 2.62. The van der Waals surface area contributed by atoms with Crippen molar-refractivity contribution in [2.24, 2.45) is 11.6 Å². The van der Waals surface area contributed by atoms with E-state index in [4.69, 9.17) is 16.3 Å². The van der Waals surface area contributed by atoms with Crippen LogP contribution in [-0.2, 0) is 9.53 Å². The van der Waals surface area contributed by atoms with Crippen molar-refractivity contribution in [2.45, 2.75) is 0 Å². The Labute approximate surface area is 109 Å². The predicted molar refractivity (Wildman–Crippen MR) is 69.4 cm³/mol. The van der Waals surface area contributed by atoms with Gasteiger partial charge < -0.3 is 21.2 Å².